The van der Waals surface area contributed by atoms with E-state index in [1.54, 1.807) is 7.11 Å². The van der Waals surface area contributed by atoms with Gasteiger partial charge in [-0.05, 0) is 42.9 Å². The smallest absolute Gasteiger partial charge is 0.136 e. The lowest BCUT2D eigenvalue weighted by molar-refractivity contribution is 0.0729. The Hall–Kier alpha value is -1.53. The van der Waals surface area contributed by atoms with E-state index in [0.717, 1.165) is 24.9 Å². The minimum atomic E-state index is 0.602. The molecule has 0 amide bonds. The highest BCUT2D eigenvalue weighted by Gasteiger charge is 2.28. The van der Waals surface area contributed by atoms with Crippen LogP contribution in [0.1, 0.15) is 38.3 Å². The van der Waals surface area contributed by atoms with Gasteiger partial charge < -0.3 is 4.74 Å². The summed E-state index contributed by atoms with van der Waals surface area (Å²) in [6.07, 6.45) is 1.31. The van der Waals surface area contributed by atoms with Gasteiger partial charge in [0, 0.05) is 19.1 Å². The number of piperidine rings is 1. The molecule has 0 spiro atoms. The van der Waals surface area contributed by atoms with E-state index in [1.807, 2.05) is 18.2 Å². The molecule has 1 aromatic rings. The molecule has 1 aromatic carbocycles. The lowest BCUT2D eigenvalue weighted by Gasteiger charge is -2.41. The predicted molar refractivity (Wildman–Crippen MR) is 80.5 cm³/mol. The van der Waals surface area contributed by atoms with E-state index >= 15 is 0 Å². The Kier molecular flexibility index (Phi) is 4.67. The molecule has 108 valence electrons. The lowest BCUT2D eigenvalue weighted by Crippen LogP contribution is -2.45. The topological polar surface area (TPSA) is 36.3 Å². The molecule has 3 atom stereocenters. The van der Waals surface area contributed by atoms with Gasteiger partial charge >= 0.3 is 0 Å². The first kappa shape index (κ1) is 14.9. The van der Waals surface area contributed by atoms with Crippen LogP contribution >= 0.6 is 0 Å². The average Bonchev–Trinajstić information content (AvgIpc) is 2.44. The zero-order valence-corrected chi connectivity index (χ0v) is 12.9. The van der Waals surface area contributed by atoms with Crippen LogP contribution in [0, 0.1) is 23.2 Å². The number of benzene rings is 1. The summed E-state index contributed by atoms with van der Waals surface area (Å²) in [5.41, 5.74) is 1.82. The Morgan fingerprint density at radius 3 is 2.75 bits per heavy atom. The number of hydrogen-bond donors (Lipinski definition) is 0. The van der Waals surface area contributed by atoms with Crippen LogP contribution < -0.4 is 4.74 Å². The van der Waals surface area contributed by atoms with Crippen molar-refractivity contribution in [1.82, 2.24) is 4.90 Å². The minimum Gasteiger partial charge on any atom is -0.495 e. The lowest BCUT2D eigenvalue weighted by atomic mass is 9.86. The van der Waals surface area contributed by atoms with E-state index in [2.05, 4.69) is 31.7 Å². The Labute approximate surface area is 122 Å². The van der Waals surface area contributed by atoms with Crippen LogP contribution in [0.5, 0.6) is 5.75 Å². The zero-order chi connectivity index (χ0) is 14.7. The number of hydrogen-bond acceptors (Lipinski definition) is 3. The first-order valence-corrected chi connectivity index (χ1v) is 7.36. The van der Waals surface area contributed by atoms with Crippen LogP contribution in [0.3, 0.4) is 0 Å². The Bertz CT molecular complexity index is 506. The van der Waals surface area contributed by atoms with Gasteiger partial charge in [0.05, 0.1) is 12.7 Å². The monoisotopic (exact) mass is 272 g/mol. The molecule has 0 bridgehead atoms. The normalized spacial score (nSPS) is 27.1. The molecular weight excluding hydrogens is 248 g/mol. The van der Waals surface area contributed by atoms with Crippen molar-refractivity contribution in [3.63, 3.8) is 0 Å². The molecule has 0 N–H and O–H groups in total. The molecule has 0 radical (unpaired) electrons. The molecule has 3 unspecified atom stereocenters. The second-order valence-corrected chi connectivity index (χ2v) is 6.13. The van der Waals surface area contributed by atoms with Gasteiger partial charge in [0.1, 0.15) is 11.8 Å². The van der Waals surface area contributed by atoms with Gasteiger partial charge in [-0.3, -0.25) is 4.90 Å². The van der Waals surface area contributed by atoms with Crippen LogP contribution in [-0.4, -0.2) is 24.6 Å². The predicted octanol–water partition coefficient (Wildman–Crippen LogP) is 3.43. The third-order valence-electron chi connectivity index (χ3n) is 4.49. The quantitative estimate of drug-likeness (QED) is 0.845. The van der Waals surface area contributed by atoms with Crippen molar-refractivity contribution in [3.8, 4) is 11.8 Å². The van der Waals surface area contributed by atoms with Crippen molar-refractivity contribution < 1.29 is 4.74 Å². The van der Waals surface area contributed by atoms with Gasteiger partial charge in [-0.1, -0.05) is 19.9 Å². The van der Waals surface area contributed by atoms with E-state index in [-0.39, 0.29) is 0 Å². The summed E-state index contributed by atoms with van der Waals surface area (Å²) in [7, 11) is 1.62. The Balaban J connectivity index is 2.15. The number of rotatable bonds is 3. The summed E-state index contributed by atoms with van der Waals surface area (Å²) in [5, 5.41) is 9.03. The van der Waals surface area contributed by atoms with E-state index < -0.39 is 0 Å². The molecule has 1 fully saturated rings. The maximum Gasteiger partial charge on any atom is 0.136 e. The van der Waals surface area contributed by atoms with Crippen molar-refractivity contribution in [3.05, 3.63) is 29.3 Å². The maximum absolute atomic E-state index is 9.03. The Morgan fingerprint density at radius 1 is 1.35 bits per heavy atom. The van der Waals surface area contributed by atoms with Gasteiger partial charge in [0.15, 0.2) is 0 Å². The van der Waals surface area contributed by atoms with Gasteiger partial charge in [-0.25, -0.2) is 0 Å². The van der Waals surface area contributed by atoms with Crippen LogP contribution in [0.15, 0.2) is 18.2 Å². The molecule has 3 heteroatoms. The highest BCUT2D eigenvalue weighted by atomic mass is 16.5. The number of ether oxygens (including phenoxy) is 1. The van der Waals surface area contributed by atoms with Crippen molar-refractivity contribution in [2.45, 2.75) is 39.8 Å². The van der Waals surface area contributed by atoms with Crippen LogP contribution in [0.25, 0.3) is 0 Å². The third-order valence-corrected chi connectivity index (χ3v) is 4.49. The van der Waals surface area contributed by atoms with Crippen molar-refractivity contribution in [2.75, 3.05) is 13.7 Å². The molecule has 0 aliphatic carbocycles. The van der Waals surface area contributed by atoms with Gasteiger partial charge in [0.2, 0.25) is 0 Å². The maximum atomic E-state index is 9.03. The fourth-order valence-electron chi connectivity index (χ4n) is 3.20. The number of likely N-dealkylation sites (tertiary alicyclic amines) is 1. The SMILES string of the molecule is COc1cc(CN2CC(C)CC(C)C2C)ccc1C#N. The average molecular weight is 272 g/mol. The first-order chi connectivity index (χ1) is 9.55. The highest BCUT2D eigenvalue weighted by molar-refractivity contribution is 5.45. The fraction of sp³-hybridized carbons (Fsp3) is 0.588. The number of nitriles is 1. The van der Waals surface area contributed by atoms with Crippen LogP contribution in [-0.2, 0) is 6.54 Å². The van der Waals surface area contributed by atoms with Crippen LogP contribution in [0.2, 0.25) is 0 Å². The molecule has 0 aromatic heterocycles. The van der Waals surface area contributed by atoms with Crippen molar-refractivity contribution >= 4 is 0 Å². The second kappa shape index (κ2) is 6.28. The molecular formula is C17H24N2O. The van der Waals surface area contributed by atoms with Crippen molar-refractivity contribution in [1.29, 1.82) is 5.26 Å². The molecule has 0 saturated carbocycles. The summed E-state index contributed by atoms with van der Waals surface area (Å²) in [5.74, 6) is 2.16. The fourth-order valence-corrected chi connectivity index (χ4v) is 3.20. The van der Waals surface area contributed by atoms with Crippen LogP contribution in [0.4, 0.5) is 0 Å². The van der Waals surface area contributed by atoms with E-state index in [0.29, 0.717) is 17.4 Å². The van der Waals surface area contributed by atoms with E-state index in [4.69, 9.17) is 10.00 Å². The zero-order valence-electron chi connectivity index (χ0n) is 12.9. The summed E-state index contributed by atoms with van der Waals surface area (Å²) >= 11 is 0. The summed E-state index contributed by atoms with van der Waals surface area (Å²) in [6.45, 7) is 9.06. The van der Waals surface area contributed by atoms with Gasteiger partial charge in [0.25, 0.3) is 0 Å². The first-order valence-electron chi connectivity index (χ1n) is 7.36. The molecule has 1 aliphatic heterocycles. The van der Waals surface area contributed by atoms with Crippen molar-refractivity contribution in [2.24, 2.45) is 11.8 Å². The summed E-state index contributed by atoms with van der Waals surface area (Å²) in [6, 6.07) is 8.66. The van der Waals surface area contributed by atoms with Gasteiger partial charge in [-0.15, -0.1) is 0 Å². The molecule has 1 saturated heterocycles. The minimum absolute atomic E-state index is 0.602. The van der Waals surface area contributed by atoms with Gasteiger partial charge in [-0.2, -0.15) is 5.26 Å². The highest BCUT2D eigenvalue weighted by Crippen LogP contribution is 2.29. The van der Waals surface area contributed by atoms with E-state index in [9.17, 15) is 0 Å². The summed E-state index contributed by atoms with van der Waals surface area (Å²) in [4.78, 5) is 2.54. The molecule has 1 aliphatic rings. The second-order valence-electron chi connectivity index (χ2n) is 6.13. The standard InChI is InChI=1S/C17H24N2O/c1-12-7-13(2)14(3)19(10-12)11-15-5-6-16(9-18)17(8-15)20-4/h5-6,8,12-14H,7,10-11H2,1-4H3. The number of nitrogens with zero attached hydrogens (tertiary/aromatic N) is 2. The molecule has 1 heterocycles. The molecule has 3 nitrogen and oxygen atoms in total. The number of methoxy groups -OCH3 is 1. The summed E-state index contributed by atoms with van der Waals surface area (Å²) < 4.78 is 5.29. The Morgan fingerprint density at radius 2 is 2.10 bits per heavy atom. The van der Waals surface area contributed by atoms with E-state index in [1.165, 1.54) is 12.0 Å². The molecule has 20 heavy (non-hydrogen) atoms. The largest absolute Gasteiger partial charge is 0.495 e. The third kappa shape index (κ3) is 3.13. The molecule has 2 rings (SSSR count).